The molecule has 64 valence electrons. The Kier molecular flexibility index (Phi) is 2.88. The number of hydrogen-bond donors (Lipinski definition) is 0. The van der Waals surface area contributed by atoms with Gasteiger partial charge in [-0.05, 0) is 25.2 Å². The van der Waals surface area contributed by atoms with Crippen molar-refractivity contribution in [1.82, 2.24) is 0 Å². The Labute approximate surface area is 71.3 Å². The molecule has 0 radical (unpaired) electrons. The lowest BCUT2D eigenvalue weighted by Gasteiger charge is -2.28. The van der Waals surface area contributed by atoms with Gasteiger partial charge in [0.2, 0.25) is 0 Å². The van der Waals surface area contributed by atoms with E-state index in [4.69, 9.17) is 0 Å². The molecule has 0 amide bonds. The summed E-state index contributed by atoms with van der Waals surface area (Å²) in [6, 6.07) is 0. The first kappa shape index (κ1) is 8.98. The zero-order valence-corrected chi connectivity index (χ0v) is 8.12. The van der Waals surface area contributed by atoms with Crippen LogP contribution in [0.1, 0.15) is 26.2 Å². The lowest BCUT2D eigenvalue weighted by molar-refractivity contribution is 0.459. The first-order valence-corrected chi connectivity index (χ1v) is 5.72. The highest BCUT2D eigenvalue weighted by Crippen LogP contribution is 2.29. The Hall–Kier alpha value is -0.110. The minimum Gasteiger partial charge on any atom is -0.260 e. The van der Waals surface area contributed by atoms with E-state index in [1.165, 1.54) is 5.57 Å². The zero-order valence-electron chi connectivity index (χ0n) is 7.30. The van der Waals surface area contributed by atoms with Gasteiger partial charge in [0.25, 0.3) is 0 Å². The first-order valence-electron chi connectivity index (χ1n) is 4.10. The fourth-order valence-electron chi connectivity index (χ4n) is 1.81. The summed E-state index contributed by atoms with van der Waals surface area (Å²) < 4.78 is 11.2. The fourth-order valence-corrected chi connectivity index (χ4v) is 3.01. The van der Waals surface area contributed by atoms with Crippen molar-refractivity contribution in [2.45, 2.75) is 31.4 Å². The minimum absolute atomic E-state index is 0.417. The van der Waals surface area contributed by atoms with Crippen LogP contribution in [0, 0.1) is 5.92 Å². The third-order valence-corrected chi connectivity index (χ3v) is 4.01. The molecule has 0 aromatic heterocycles. The molecule has 0 bridgehead atoms. The van der Waals surface area contributed by atoms with Crippen LogP contribution in [0.3, 0.4) is 0 Å². The third kappa shape index (κ3) is 2.16. The van der Waals surface area contributed by atoms with Gasteiger partial charge in [-0.3, -0.25) is 4.21 Å². The van der Waals surface area contributed by atoms with Crippen molar-refractivity contribution in [2.24, 2.45) is 5.92 Å². The predicted octanol–water partition coefficient (Wildman–Crippen LogP) is 2.11. The van der Waals surface area contributed by atoms with Crippen molar-refractivity contribution >= 4 is 10.8 Å². The van der Waals surface area contributed by atoms with Gasteiger partial charge in [0.15, 0.2) is 0 Å². The van der Waals surface area contributed by atoms with E-state index in [0.29, 0.717) is 11.2 Å². The molecule has 1 saturated carbocycles. The molecule has 0 spiro atoms. The number of rotatable bonds is 1. The van der Waals surface area contributed by atoms with Crippen molar-refractivity contribution in [3.8, 4) is 0 Å². The summed E-state index contributed by atoms with van der Waals surface area (Å²) in [4.78, 5) is 0. The molecule has 3 unspecified atom stereocenters. The molecule has 0 aromatic carbocycles. The second kappa shape index (κ2) is 3.53. The van der Waals surface area contributed by atoms with Crippen LogP contribution < -0.4 is 0 Å². The standard InChI is InChI=1S/C9H16OS/c1-7-4-5-9(11(3)10)8(2)6-7/h8-9H,1,4-6H2,2-3H3. The molecule has 0 heterocycles. The van der Waals surface area contributed by atoms with E-state index < -0.39 is 10.8 Å². The molecular formula is C9H16OS. The van der Waals surface area contributed by atoms with Crippen molar-refractivity contribution in [2.75, 3.05) is 6.26 Å². The molecule has 0 aliphatic heterocycles. The second-order valence-electron chi connectivity index (χ2n) is 3.51. The van der Waals surface area contributed by atoms with Gasteiger partial charge in [0.05, 0.1) is 0 Å². The molecule has 0 saturated heterocycles. The van der Waals surface area contributed by atoms with E-state index in [9.17, 15) is 4.21 Å². The predicted molar refractivity (Wildman–Crippen MR) is 50.0 cm³/mol. The zero-order chi connectivity index (χ0) is 8.43. The molecule has 1 rings (SSSR count). The monoisotopic (exact) mass is 172 g/mol. The van der Waals surface area contributed by atoms with Gasteiger partial charge < -0.3 is 0 Å². The first-order chi connectivity index (χ1) is 5.11. The van der Waals surface area contributed by atoms with Crippen LogP contribution in [0.25, 0.3) is 0 Å². The van der Waals surface area contributed by atoms with Crippen LogP contribution >= 0.6 is 0 Å². The van der Waals surface area contributed by atoms with E-state index in [1.807, 2.05) is 6.26 Å². The summed E-state index contributed by atoms with van der Waals surface area (Å²) in [6.45, 7) is 6.14. The van der Waals surface area contributed by atoms with Crippen LogP contribution in [0.5, 0.6) is 0 Å². The Bertz CT molecular complexity index is 186. The van der Waals surface area contributed by atoms with Gasteiger partial charge in [0, 0.05) is 22.3 Å². The lowest BCUT2D eigenvalue weighted by atomic mass is 9.87. The van der Waals surface area contributed by atoms with Gasteiger partial charge in [-0.25, -0.2) is 0 Å². The van der Waals surface area contributed by atoms with Crippen molar-refractivity contribution < 1.29 is 4.21 Å². The normalized spacial score (nSPS) is 35.3. The quantitative estimate of drug-likeness (QED) is 0.554. The summed E-state index contributed by atoms with van der Waals surface area (Å²) in [5, 5.41) is 0.417. The van der Waals surface area contributed by atoms with Crippen LogP contribution in [0.4, 0.5) is 0 Å². The SMILES string of the molecule is C=C1CCC(S(C)=O)C(C)C1. The Morgan fingerprint density at radius 3 is 2.73 bits per heavy atom. The van der Waals surface area contributed by atoms with E-state index in [0.717, 1.165) is 19.3 Å². The second-order valence-corrected chi connectivity index (χ2v) is 5.11. The van der Waals surface area contributed by atoms with Gasteiger partial charge in [-0.1, -0.05) is 19.1 Å². The molecule has 11 heavy (non-hydrogen) atoms. The van der Waals surface area contributed by atoms with Crippen LogP contribution in [0.2, 0.25) is 0 Å². The molecule has 1 nitrogen and oxygen atoms in total. The van der Waals surface area contributed by atoms with E-state index in [1.54, 1.807) is 0 Å². The average molecular weight is 172 g/mol. The van der Waals surface area contributed by atoms with Crippen LogP contribution in [-0.4, -0.2) is 15.7 Å². The minimum atomic E-state index is -0.638. The molecule has 1 aliphatic rings. The number of allylic oxidation sites excluding steroid dienone is 1. The van der Waals surface area contributed by atoms with Crippen molar-refractivity contribution in [1.29, 1.82) is 0 Å². The summed E-state index contributed by atoms with van der Waals surface area (Å²) in [6.07, 6.45) is 5.04. The Balaban J connectivity index is 2.57. The van der Waals surface area contributed by atoms with E-state index >= 15 is 0 Å². The molecular weight excluding hydrogens is 156 g/mol. The van der Waals surface area contributed by atoms with Gasteiger partial charge in [-0.2, -0.15) is 0 Å². The molecule has 3 atom stereocenters. The molecule has 1 fully saturated rings. The van der Waals surface area contributed by atoms with Crippen molar-refractivity contribution in [3.05, 3.63) is 12.2 Å². The summed E-state index contributed by atoms with van der Waals surface area (Å²) in [5.41, 5.74) is 1.33. The van der Waals surface area contributed by atoms with Gasteiger partial charge in [-0.15, -0.1) is 0 Å². The van der Waals surface area contributed by atoms with Crippen LogP contribution in [0.15, 0.2) is 12.2 Å². The van der Waals surface area contributed by atoms with E-state index in [2.05, 4.69) is 13.5 Å². The smallest absolute Gasteiger partial charge is 0.0376 e. The molecule has 2 heteroatoms. The maximum absolute atomic E-state index is 11.2. The molecule has 0 N–H and O–H groups in total. The Morgan fingerprint density at radius 1 is 1.64 bits per heavy atom. The van der Waals surface area contributed by atoms with Crippen molar-refractivity contribution in [3.63, 3.8) is 0 Å². The average Bonchev–Trinajstić information content (AvgIpc) is 1.85. The molecule has 1 aliphatic carbocycles. The summed E-state index contributed by atoms with van der Waals surface area (Å²) >= 11 is 0. The maximum atomic E-state index is 11.2. The summed E-state index contributed by atoms with van der Waals surface area (Å²) in [7, 11) is -0.638. The Morgan fingerprint density at radius 2 is 2.27 bits per heavy atom. The topological polar surface area (TPSA) is 17.1 Å². The fraction of sp³-hybridized carbons (Fsp3) is 0.778. The van der Waals surface area contributed by atoms with E-state index in [-0.39, 0.29) is 0 Å². The van der Waals surface area contributed by atoms with Gasteiger partial charge in [0.1, 0.15) is 0 Å². The lowest BCUT2D eigenvalue weighted by Crippen LogP contribution is -2.27. The number of hydrogen-bond acceptors (Lipinski definition) is 1. The summed E-state index contributed by atoms with van der Waals surface area (Å²) in [5.74, 6) is 0.571. The molecule has 0 aromatic rings. The highest BCUT2D eigenvalue weighted by Gasteiger charge is 2.25. The maximum Gasteiger partial charge on any atom is 0.0376 e. The highest BCUT2D eigenvalue weighted by atomic mass is 32.2. The van der Waals surface area contributed by atoms with Crippen LogP contribution in [-0.2, 0) is 10.8 Å². The third-order valence-electron chi connectivity index (χ3n) is 2.45. The highest BCUT2D eigenvalue weighted by molar-refractivity contribution is 7.84. The van der Waals surface area contributed by atoms with Gasteiger partial charge >= 0.3 is 0 Å². The largest absolute Gasteiger partial charge is 0.260 e.